The van der Waals surface area contributed by atoms with Gasteiger partial charge in [-0.25, -0.2) is 4.98 Å². The minimum atomic E-state index is -0.283. The number of ether oxygens (including phenoxy) is 1. The van der Waals surface area contributed by atoms with Crippen LogP contribution in [0.5, 0.6) is 0 Å². The molecule has 112 valence electrons. The standard InChI is InChI=1S/C13H16N4O3S/c1-2-11-15-9(7-21-11)5-12(18)17-3-4-19-6-10(17)13-14-8-20-16-13/h7-8,10H,2-6H2,1H3/t10-/m1/s1. The number of rotatable bonds is 4. The normalized spacial score (nSPS) is 18.9. The van der Waals surface area contributed by atoms with Crippen LogP contribution in [0.4, 0.5) is 0 Å². The van der Waals surface area contributed by atoms with Crippen molar-refractivity contribution in [1.82, 2.24) is 20.0 Å². The molecule has 0 radical (unpaired) electrons. The zero-order chi connectivity index (χ0) is 14.7. The Morgan fingerprint density at radius 2 is 2.48 bits per heavy atom. The van der Waals surface area contributed by atoms with Crippen molar-refractivity contribution in [3.63, 3.8) is 0 Å². The summed E-state index contributed by atoms with van der Waals surface area (Å²) in [4.78, 5) is 22.7. The molecule has 0 spiro atoms. The Balaban J connectivity index is 1.72. The maximum atomic E-state index is 12.5. The summed E-state index contributed by atoms with van der Waals surface area (Å²) in [6.45, 7) is 3.50. The molecule has 2 aromatic heterocycles. The molecular weight excluding hydrogens is 292 g/mol. The van der Waals surface area contributed by atoms with Crippen molar-refractivity contribution in [2.24, 2.45) is 0 Å². The first-order chi connectivity index (χ1) is 10.3. The first-order valence-electron chi connectivity index (χ1n) is 6.84. The smallest absolute Gasteiger partial charge is 0.229 e. The fourth-order valence-electron chi connectivity index (χ4n) is 2.29. The molecule has 0 bridgehead atoms. The molecule has 2 aromatic rings. The molecule has 8 heteroatoms. The van der Waals surface area contributed by atoms with Gasteiger partial charge in [-0.15, -0.1) is 11.3 Å². The second-order valence-electron chi connectivity index (χ2n) is 4.73. The molecule has 0 aromatic carbocycles. The van der Waals surface area contributed by atoms with Crippen LogP contribution >= 0.6 is 11.3 Å². The van der Waals surface area contributed by atoms with E-state index in [1.54, 1.807) is 16.2 Å². The van der Waals surface area contributed by atoms with Gasteiger partial charge in [0.25, 0.3) is 0 Å². The Morgan fingerprint density at radius 1 is 1.57 bits per heavy atom. The first-order valence-corrected chi connectivity index (χ1v) is 7.72. The van der Waals surface area contributed by atoms with Gasteiger partial charge in [-0.2, -0.15) is 4.98 Å². The summed E-state index contributed by atoms with van der Waals surface area (Å²) in [6, 6.07) is -0.283. The summed E-state index contributed by atoms with van der Waals surface area (Å²) < 4.78 is 10.2. The number of morpholine rings is 1. The first kappa shape index (κ1) is 14.2. The molecule has 1 atom stereocenters. The lowest BCUT2D eigenvalue weighted by molar-refractivity contribution is -0.139. The van der Waals surface area contributed by atoms with Crippen LogP contribution in [0.1, 0.15) is 29.5 Å². The maximum Gasteiger partial charge on any atom is 0.229 e. The van der Waals surface area contributed by atoms with E-state index in [0.717, 1.165) is 17.1 Å². The molecule has 7 nitrogen and oxygen atoms in total. The molecule has 0 unspecified atom stereocenters. The molecule has 3 rings (SSSR count). The number of carbonyl (C=O) groups is 1. The molecule has 1 aliphatic heterocycles. The minimum absolute atomic E-state index is 0.0149. The number of nitrogens with zero attached hydrogens (tertiary/aromatic N) is 4. The third-order valence-corrected chi connectivity index (χ3v) is 4.40. The van der Waals surface area contributed by atoms with Gasteiger partial charge in [0.1, 0.15) is 6.04 Å². The van der Waals surface area contributed by atoms with Crippen LogP contribution in [0.2, 0.25) is 0 Å². The van der Waals surface area contributed by atoms with E-state index >= 15 is 0 Å². The second-order valence-corrected chi connectivity index (χ2v) is 5.67. The Morgan fingerprint density at radius 3 is 3.19 bits per heavy atom. The highest BCUT2D eigenvalue weighted by Crippen LogP contribution is 2.22. The Hall–Kier alpha value is -1.80. The van der Waals surface area contributed by atoms with E-state index in [0.29, 0.717) is 32.0 Å². The van der Waals surface area contributed by atoms with Crippen LogP contribution in [0, 0.1) is 0 Å². The van der Waals surface area contributed by atoms with Gasteiger partial charge in [-0.05, 0) is 6.42 Å². The van der Waals surface area contributed by atoms with Crippen molar-refractivity contribution in [2.45, 2.75) is 25.8 Å². The zero-order valence-electron chi connectivity index (χ0n) is 11.7. The van der Waals surface area contributed by atoms with E-state index in [9.17, 15) is 4.79 Å². The maximum absolute atomic E-state index is 12.5. The van der Waals surface area contributed by atoms with Gasteiger partial charge in [-0.3, -0.25) is 4.79 Å². The predicted molar refractivity (Wildman–Crippen MR) is 74.8 cm³/mol. The largest absolute Gasteiger partial charge is 0.377 e. The van der Waals surface area contributed by atoms with Gasteiger partial charge < -0.3 is 14.2 Å². The number of carbonyl (C=O) groups excluding carboxylic acids is 1. The van der Waals surface area contributed by atoms with E-state index in [4.69, 9.17) is 9.26 Å². The highest BCUT2D eigenvalue weighted by Gasteiger charge is 2.31. The van der Waals surface area contributed by atoms with E-state index < -0.39 is 0 Å². The number of hydrogen-bond donors (Lipinski definition) is 0. The molecule has 3 heterocycles. The zero-order valence-corrected chi connectivity index (χ0v) is 12.5. The molecule has 0 aliphatic carbocycles. The van der Waals surface area contributed by atoms with E-state index in [1.165, 1.54) is 6.39 Å². The summed E-state index contributed by atoms with van der Waals surface area (Å²) in [5.41, 5.74) is 0.820. The Labute approximate surface area is 125 Å². The third-order valence-electron chi connectivity index (χ3n) is 3.36. The number of hydrogen-bond acceptors (Lipinski definition) is 7. The molecule has 1 fully saturated rings. The van der Waals surface area contributed by atoms with Crippen LogP contribution in [0.3, 0.4) is 0 Å². The lowest BCUT2D eigenvalue weighted by Crippen LogP contribution is -2.44. The Bertz CT molecular complexity index is 598. The van der Waals surface area contributed by atoms with Gasteiger partial charge in [0, 0.05) is 11.9 Å². The number of aromatic nitrogens is 3. The summed E-state index contributed by atoms with van der Waals surface area (Å²) >= 11 is 1.59. The van der Waals surface area contributed by atoms with Crippen LogP contribution in [-0.4, -0.2) is 45.7 Å². The lowest BCUT2D eigenvalue weighted by Gasteiger charge is -2.33. The van der Waals surface area contributed by atoms with E-state index in [-0.39, 0.29) is 11.9 Å². The van der Waals surface area contributed by atoms with Crippen molar-refractivity contribution < 1.29 is 14.1 Å². The molecular formula is C13H16N4O3S. The minimum Gasteiger partial charge on any atom is -0.377 e. The van der Waals surface area contributed by atoms with Crippen molar-refractivity contribution >= 4 is 17.2 Å². The highest BCUT2D eigenvalue weighted by atomic mass is 32.1. The SMILES string of the molecule is CCc1nc(CC(=O)N2CCOC[C@@H]2c2ncon2)cs1. The molecule has 1 amide bonds. The fraction of sp³-hybridized carbons (Fsp3) is 0.538. The molecule has 1 saturated heterocycles. The molecule has 1 aliphatic rings. The van der Waals surface area contributed by atoms with E-state index in [1.807, 2.05) is 5.38 Å². The van der Waals surface area contributed by atoms with Crippen LogP contribution < -0.4 is 0 Å². The quantitative estimate of drug-likeness (QED) is 0.845. The summed E-state index contributed by atoms with van der Waals surface area (Å²) in [6.07, 6.45) is 2.45. The topological polar surface area (TPSA) is 81.4 Å². The van der Waals surface area contributed by atoms with Crippen molar-refractivity contribution in [3.05, 3.63) is 28.3 Å². The third kappa shape index (κ3) is 3.11. The van der Waals surface area contributed by atoms with Gasteiger partial charge in [0.2, 0.25) is 12.3 Å². The van der Waals surface area contributed by atoms with Crippen molar-refractivity contribution in [2.75, 3.05) is 19.8 Å². The summed E-state index contributed by atoms with van der Waals surface area (Å²) in [5, 5.41) is 6.82. The monoisotopic (exact) mass is 308 g/mol. The van der Waals surface area contributed by atoms with Crippen molar-refractivity contribution in [1.29, 1.82) is 0 Å². The van der Waals surface area contributed by atoms with Crippen LogP contribution in [-0.2, 0) is 22.4 Å². The number of aryl methyl sites for hydroxylation is 1. The fourth-order valence-corrected chi connectivity index (χ4v) is 3.04. The predicted octanol–water partition coefficient (Wildman–Crippen LogP) is 1.23. The van der Waals surface area contributed by atoms with Gasteiger partial charge in [0.15, 0.2) is 5.82 Å². The van der Waals surface area contributed by atoms with Crippen molar-refractivity contribution in [3.8, 4) is 0 Å². The van der Waals surface area contributed by atoms with E-state index in [2.05, 4.69) is 22.0 Å². The van der Waals surface area contributed by atoms with Gasteiger partial charge >= 0.3 is 0 Å². The Kier molecular flexibility index (Phi) is 4.26. The average Bonchev–Trinajstić information content (AvgIpc) is 3.18. The van der Waals surface area contributed by atoms with Gasteiger partial charge in [0.05, 0.1) is 30.3 Å². The molecule has 21 heavy (non-hydrogen) atoms. The molecule has 0 saturated carbocycles. The summed E-state index contributed by atoms with van der Waals surface area (Å²) in [5.74, 6) is 0.497. The highest BCUT2D eigenvalue weighted by molar-refractivity contribution is 7.09. The van der Waals surface area contributed by atoms with Gasteiger partial charge in [-0.1, -0.05) is 12.1 Å². The number of amides is 1. The average molecular weight is 308 g/mol. The van der Waals surface area contributed by atoms with Crippen LogP contribution in [0.15, 0.2) is 16.3 Å². The lowest BCUT2D eigenvalue weighted by atomic mass is 10.2. The second kappa shape index (κ2) is 6.31. The number of thiazole rings is 1. The molecule has 0 N–H and O–H groups in total. The summed E-state index contributed by atoms with van der Waals surface area (Å²) in [7, 11) is 0. The van der Waals surface area contributed by atoms with Crippen LogP contribution in [0.25, 0.3) is 0 Å².